The molecule has 5 nitrogen and oxygen atoms in total. The number of hydrogen-bond donors (Lipinski definition) is 1. The molecule has 0 spiro atoms. The highest BCUT2D eigenvalue weighted by Gasteiger charge is 2.15. The SMILES string of the molecule is Cc1ccccc1C(=O)OCCOc1ccc2c(c1)CCC(=O)N2. The molecule has 0 unspecified atom stereocenters. The van der Waals surface area contributed by atoms with E-state index in [1.807, 2.05) is 37.3 Å². The standard InChI is InChI=1S/C19H19NO4/c1-13-4-2-3-5-16(13)19(22)24-11-10-23-15-7-8-17-14(12-15)6-9-18(21)20-17/h2-5,7-8,12H,6,9-11H2,1H3,(H,20,21). The summed E-state index contributed by atoms with van der Waals surface area (Å²) in [5.74, 6) is 0.404. The molecule has 1 N–H and O–H groups in total. The molecule has 124 valence electrons. The van der Waals surface area contributed by atoms with Crippen LogP contribution in [0.4, 0.5) is 5.69 Å². The van der Waals surface area contributed by atoms with Crippen LogP contribution >= 0.6 is 0 Å². The largest absolute Gasteiger partial charge is 0.490 e. The predicted octanol–water partition coefficient (Wildman–Crippen LogP) is 3.12. The average Bonchev–Trinajstić information content (AvgIpc) is 2.59. The number of fused-ring (bicyclic) bond motifs is 1. The van der Waals surface area contributed by atoms with E-state index in [0.29, 0.717) is 24.2 Å². The zero-order chi connectivity index (χ0) is 16.9. The molecule has 1 aliphatic heterocycles. The summed E-state index contributed by atoms with van der Waals surface area (Å²) in [6.45, 7) is 2.34. The second-order valence-corrected chi connectivity index (χ2v) is 5.67. The molecule has 0 fully saturated rings. The van der Waals surface area contributed by atoms with Gasteiger partial charge in [-0.3, -0.25) is 4.79 Å². The minimum absolute atomic E-state index is 0.0410. The number of rotatable bonds is 5. The number of aryl methyl sites for hydroxylation is 2. The van der Waals surface area contributed by atoms with Crippen LogP contribution in [0.2, 0.25) is 0 Å². The molecule has 5 heteroatoms. The number of hydrogen-bond acceptors (Lipinski definition) is 4. The van der Waals surface area contributed by atoms with Crippen molar-refractivity contribution in [3.8, 4) is 5.75 Å². The Balaban J connectivity index is 1.49. The minimum Gasteiger partial charge on any atom is -0.490 e. The zero-order valence-corrected chi connectivity index (χ0v) is 13.5. The molecular weight excluding hydrogens is 306 g/mol. The second kappa shape index (κ2) is 7.17. The summed E-state index contributed by atoms with van der Waals surface area (Å²) in [7, 11) is 0. The highest BCUT2D eigenvalue weighted by Crippen LogP contribution is 2.26. The first-order valence-corrected chi connectivity index (χ1v) is 7.92. The monoisotopic (exact) mass is 325 g/mol. The van der Waals surface area contributed by atoms with Crippen LogP contribution in [0, 0.1) is 6.92 Å². The van der Waals surface area contributed by atoms with Crippen LogP contribution in [-0.2, 0) is 16.0 Å². The highest BCUT2D eigenvalue weighted by atomic mass is 16.6. The molecule has 0 bridgehead atoms. The summed E-state index contributed by atoms with van der Waals surface area (Å²) in [6.07, 6.45) is 1.20. The van der Waals surface area contributed by atoms with E-state index in [0.717, 1.165) is 16.8 Å². The third-order valence-electron chi connectivity index (χ3n) is 3.92. The molecule has 0 aromatic heterocycles. The molecule has 1 amide bonds. The molecule has 0 saturated carbocycles. The molecule has 0 saturated heterocycles. The van der Waals surface area contributed by atoms with E-state index in [4.69, 9.17) is 9.47 Å². The van der Waals surface area contributed by atoms with Crippen LogP contribution < -0.4 is 10.1 Å². The van der Waals surface area contributed by atoms with Crippen molar-refractivity contribution >= 4 is 17.6 Å². The lowest BCUT2D eigenvalue weighted by Gasteiger charge is -2.17. The number of carbonyl (C=O) groups is 2. The van der Waals surface area contributed by atoms with E-state index in [1.54, 1.807) is 12.1 Å². The lowest BCUT2D eigenvalue weighted by Crippen LogP contribution is -2.19. The first-order chi connectivity index (χ1) is 11.6. The van der Waals surface area contributed by atoms with Gasteiger partial charge in [0.25, 0.3) is 0 Å². The van der Waals surface area contributed by atoms with Gasteiger partial charge in [0.1, 0.15) is 19.0 Å². The smallest absolute Gasteiger partial charge is 0.338 e. The highest BCUT2D eigenvalue weighted by molar-refractivity contribution is 5.94. The lowest BCUT2D eigenvalue weighted by atomic mass is 10.0. The molecule has 2 aromatic carbocycles. The van der Waals surface area contributed by atoms with E-state index in [9.17, 15) is 9.59 Å². The Hall–Kier alpha value is -2.82. The number of anilines is 1. The molecule has 0 radical (unpaired) electrons. The molecule has 3 rings (SSSR count). The number of ether oxygens (including phenoxy) is 2. The Morgan fingerprint density at radius 3 is 2.79 bits per heavy atom. The van der Waals surface area contributed by atoms with Crippen LogP contribution in [-0.4, -0.2) is 25.1 Å². The molecule has 1 heterocycles. The van der Waals surface area contributed by atoms with Gasteiger partial charge in [0.2, 0.25) is 5.91 Å². The Morgan fingerprint density at radius 1 is 1.12 bits per heavy atom. The molecule has 24 heavy (non-hydrogen) atoms. The van der Waals surface area contributed by atoms with E-state index >= 15 is 0 Å². The van der Waals surface area contributed by atoms with Gasteiger partial charge in [-0.15, -0.1) is 0 Å². The third kappa shape index (κ3) is 3.74. The molecule has 0 aliphatic carbocycles. The predicted molar refractivity (Wildman–Crippen MR) is 90.3 cm³/mol. The summed E-state index contributed by atoms with van der Waals surface area (Å²) in [4.78, 5) is 23.3. The van der Waals surface area contributed by atoms with Gasteiger partial charge in [0.05, 0.1) is 5.56 Å². The fourth-order valence-corrected chi connectivity index (χ4v) is 2.62. The fraction of sp³-hybridized carbons (Fsp3) is 0.263. The van der Waals surface area contributed by atoms with Gasteiger partial charge in [-0.05, 0) is 48.7 Å². The maximum atomic E-state index is 12.0. The van der Waals surface area contributed by atoms with E-state index in [-0.39, 0.29) is 25.1 Å². The Bertz CT molecular complexity index is 770. The van der Waals surface area contributed by atoms with Crippen molar-refractivity contribution in [3.05, 3.63) is 59.2 Å². The normalized spacial score (nSPS) is 13.0. The first-order valence-electron chi connectivity index (χ1n) is 7.92. The Kier molecular flexibility index (Phi) is 4.79. The van der Waals surface area contributed by atoms with Crippen LogP contribution in [0.3, 0.4) is 0 Å². The number of benzene rings is 2. The summed E-state index contributed by atoms with van der Waals surface area (Å²) in [5, 5.41) is 2.83. The van der Waals surface area contributed by atoms with Crippen LogP contribution in [0.1, 0.15) is 27.9 Å². The van der Waals surface area contributed by atoms with Crippen molar-refractivity contribution in [1.82, 2.24) is 0 Å². The molecule has 2 aromatic rings. The topological polar surface area (TPSA) is 64.6 Å². The van der Waals surface area contributed by atoms with Crippen molar-refractivity contribution in [2.45, 2.75) is 19.8 Å². The molecular formula is C19H19NO4. The van der Waals surface area contributed by atoms with Gasteiger partial charge in [-0.1, -0.05) is 18.2 Å². The fourth-order valence-electron chi connectivity index (χ4n) is 2.62. The van der Waals surface area contributed by atoms with E-state index in [2.05, 4.69) is 5.32 Å². The van der Waals surface area contributed by atoms with Crippen molar-refractivity contribution in [2.24, 2.45) is 0 Å². The Labute approximate surface area is 140 Å². The quantitative estimate of drug-likeness (QED) is 0.677. The third-order valence-corrected chi connectivity index (χ3v) is 3.92. The number of carbonyl (C=O) groups excluding carboxylic acids is 2. The van der Waals surface area contributed by atoms with Gasteiger partial charge in [-0.2, -0.15) is 0 Å². The average molecular weight is 325 g/mol. The van der Waals surface area contributed by atoms with Crippen LogP contribution in [0.25, 0.3) is 0 Å². The maximum absolute atomic E-state index is 12.0. The van der Waals surface area contributed by atoms with E-state index < -0.39 is 0 Å². The molecule has 0 atom stereocenters. The minimum atomic E-state index is -0.343. The van der Waals surface area contributed by atoms with Gasteiger partial charge < -0.3 is 14.8 Å². The summed E-state index contributed by atoms with van der Waals surface area (Å²) >= 11 is 0. The maximum Gasteiger partial charge on any atom is 0.338 e. The number of amides is 1. The second-order valence-electron chi connectivity index (χ2n) is 5.67. The number of nitrogens with one attached hydrogen (secondary N) is 1. The van der Waals surface area contributed by atoms with Crippen molar-refractivity contribution < 1.29 is 19.1 Å². The summed E-state index contributed by atoms with van der Waals surface area (Å²) < 4.78 is 10.9. The van der Waals surface area contributed by atoms with Crippen molar-refractivity contribution in [2.75, 3.05) is 18.5 Å². The van der Waals surface area contributed by atoms with Gasteiger partial charge in [0, 0.05) is 12.1 Å². The van der Waals surface area contributed by atoms with E-state index in [1.165, 1.54) is 0 Å². The number of esters is 1. The van der Waals surface area contributed by atoms with Crippen LogP contribution in [0.15, 0.2) is 42.5 Å². The Morgan fingerprint density at radius 2 is 1.96 bits per heavy atom. The van der Waals surface area contributed by atoms with Crippen LogP contribution in [0.5, 0.6) is 5.75 Å². The van der Waals surface area contributed by atoms with Gasteiger partial charge >= 0.3 is 5.97 Å². The first kappa shape index (κ1) is 16.1. The van der Waals surface area contributed by atoms with Gasteiger partial charge in [0.15, 0.2) is 0 Å². The summed E-state index contributed by atoms with van der Waals surface area (Å²) in [5.41, 5.74) is 3.36. The zero-order valence-electron chi connectivity index (χ0n) is 13.5. The van der Waals surface area contributed by atoms with Crippen molar-refractivity contribution in [3.63, 3.8) is 0 Å². The summed E-state index contributed by atoms with van der Waals surface area (Å²) in [6, 6.07) is 12.9. The van der Waals surface area contributed by atoms with Crippen molar-refractivity contribution in [1.29, 1.82) is 0 Å². The lowest BCUT2D eigenvalue weighted by molar-refractivity contribution is -0.116. The molecule has 1 aliphatic rings. The van der Waals surface area contributed by atoms with Gasteiger partial charge in [-0.25, -0.2) is 4.79 Å².